The fourth-order valence-corrected chi connectivity index (χ4v) is 2.45. The number of rotatable bonds is 1. The van der Waals surface area contributed by atoms with Gasteiger partial charge in [0.15, 0.2) is 5.82 Å². The molecule has 1 aliphatic rings. The third-order valence-electron chi connectivity index (χ3n) is 3.53. The predicted octanol–water partition coefficient (Wildman–Crippen LogP) is 1.37. The number of carbonyl (C=O) groups is 1. The number of aromatic nitrogens is 2. The van der Waals surface area contributed by atoms with E-state index in [4.69, 9.17) is 0 Å². The number of amides is 1. The van der Waals surface area contributed by atoms with E-state index in [1.807, 2.05) is 4.90 Å². The highest BCUT2D eigenvalue weighted by Crippen LogP contribution is 2.25. The topological polar surface area (TPSA) is 52.2 Å². The molecule has 1 amide bonds. The Kier molecular flexibility index (Phi) is 2.85. The van der Waals surface area contributed by atoms with Crippen LogP contribution in [0.5, 0.6) is 0 Å². The van der Waals surface area contributed by atoms with Crippen LogP contribution < -0.4 is 4.90 Å². The number of halogens is 1. The molecule has 1 saturated heterocycles. The molecule has 1 aromatic heterocycles. The van der Waals surface area contributed by atoms with Crippen molar-refractivity contribution in [3.63, 3.8) is 0 Å². The van der Waals surface area contributed by atoms with Crippen LogP contribution in [-0.4, -0.2) is 47.2 Å². The van der Waals surface area contributed by atoms with Crippen molar-refractivity contribution in [3.05, 3.63) is 24.0 Å². The van der Waals surface area contributed by atoms with Crippen molar-refractivity contribution in [1.82, 2.24) is 15.1 Å². The Hall–Kier alpha value is -2.11. The molecule has 3 rings (SSSR count). The minimum absolute atomic E-state index is 0.105. The first-order valence-electron chi connectivity index (χ1n) is 6.29. The SMILES string of the molecule is CC(=O)N1CCN(c2n[nH]c3cc(F)ccc23)CC1. The van der Waals surface area contributed by atoms with Gasteiger partial charge in [0.2, 0.25) is 5.91 Å². The van der Waals surface area contributed by atoms with Crippen LogP contribution in [0.1, 0.15) is 6.92 Å². The average molecular weight is 262 g/mol. The largest absolute Gasteiger partial charge is 0.351 e. The highest BCUT2D eigenvalue weighted by Gasteiger charge is 2.21. The van der Waals surface area contributed by atoms with Crippen molar-refractivity contribution < 1.29 is 9.18 Å². The number of piperazine rings is 1. The van der Waals surface area contributed by atoms with E-state index in [1.165, 1.54) is 12.1 Å². The van der Waals surface area contributed by atoms with Crippen LogP contribution in [0.4, 0.5) is 10.2 Å². The van der Waals surface area contributed by atoms with Crippen molar-refractivity contribution in [2.24, 2.45) is 0 Å². The first kappa shape index (κ1) is 12.0. The summed E-state index contributed by atoms with van der Waals surface area (Å²) in [5.41, 5.74) is 0.698. The minimum atomic E-state index is -0.274. The molecule has 0 atom stereocenters. The molecule has 2 heterocycles. The third-order valence-corrected chi connectivity index (χ3v) is 3.53. The summed E-state index contributed by atoms with van der Waals surface area (Å²) in [6.45, 7) is 4.48. The van der Waals surface area contributed by atoms with Gasteiger partial charge in [-0.2, -0.15) is 5.10 Å². The lowest BCUT2D eigenvalue weighted by atomic mass is 10.2. The number of nitrogens with zero attached hydrogens (tertiary/aromatic N) is 3. The van der Waals surface area contributed by atoms with Crippen LogP contribution in [0.25, 0.3) is 10.9 Å². The second-order valence-electron chi connectivity index (χ2n) is 4.73. The lowest BCUT2D eigenvalue weighted by Crippen LogP contribution is -2.48. The minimum Gasteiger partial charge on any atom is -0.351 e. The molecular weight excluding hydrogens is 247 g/mol. The van der Waals surface area contributed by atoms with Gasteiger partial charge in [0.05, 0.1) is 5.52 Å². The van der Waals surface area contributed by atoms with Crippen molar-refractivity contribution in [2.45, 2.75) is 6.92 Å². The van der Waals surface area contributed by atoms with E-state index in [0.29, 0.717) is 18.6 Å². The second kappa shape index (κ2) is 4.53. The van der Waals surface area contributed by atoms with E-state index in [0.717, 1.165) is 24.3 Å². The average Bonchev–Trinajstić information content (AvgIpc) is 2.81. The summed E-state index contributed by atoms with van der Waals surface area (Å²) < 4.78 is 13.1. The number of hydrogen-bond donors (Lipinski definition) is 1. The number of hydrogen-bond acceptors (Lipinski definition) is 3. The van der Waals surface area contributed by atoms with E-state index < -0.39 is 0 Å². The summed E-state index contributed by atoms with van der Waals surface area (Å²) in [6, 6.07) is 4.62. The molecule has 0 radical (unpaired) electrons. The lowest BCUT2D eigenvalue weighted by Gasteiger charge is -2.34. The Balaban J connectivity index is 1.84. The normalized spacial score (nSPS) is 16.1. The maximum Gasteiger partial charge on any atom is 0.219 e. The van der Waals surface area contributed by atoms with Gasteiger partial charge in [-0.15, -0.1) is 0 Å². The fourth-order valence-electron chi connectivity index (χ4n) is 2.45. The molecule has 0 saturated carbocycles. The monoisotopic (exact) mass is 262 g/mol. The Morgan fingerprint density at radius 1 is 1.32 bits per heavy atom. The molecule has 1 aliphatic heterocycles. The zero-order valence-electron chi connectivity index (χ0n) is 10.7. The predicted molar refractivity (Wildman–Crippen MR) is 70.5 cm³/mol. The first-order chi connectivity index (χ1) is 9.15. The fraction of sp³-hybridized carbons (Fsp3) is 0.385. The molecule has 0 bridgehead atoms. The first-order valence-corrected chi connectivity index (χ1v) is 6.29. The number of benzene rings is 1. The number of carbonyl (C=O) groups excluding carboxylic acids is 1. The van der Waals surface area contributed by atoms with Gasteiger partial charge in [-0.3, -0.25) is 9.89 Å². The molecule has 1 N–H and O–H groups in total. The van der Waals surface area contributed by atoms with Crippen LogP contribution in [-0.2, 0) is 4.79 Å². The zero-order valence-corrected chi connectivity index (χ0v) is 10.7. The van der Waals surface area contributed by atoms with Gasteiger partial charge in [-0.05, 0) is 18.2 Å². The standard InChI is InChI=1S/C13H15FN4O/c1-9(19)17-4-6-18(7-5-17)13-11-3-2-10(14)8-12(11)15-16-13/h2-3,8H,4-7H2,1H3,(H,15,16). The number of anilines is 1. The van der Waals surface area contributed by atoms with E-state index >= 15 is 0 Å². The Bertz CT molecular complexity index is 616. The Labute approximate surface area is 110 Å². The molecule has 19 heavy (non-hydrogen) atoms. The molecule has 1 aromatic carbocycles. The highest BCUT2D eigenvalue weighted by atomic mass is 19.1. The number of H-pyrrole nitrogens is 1. The van der Waals surface area contributed by atoms with Gasteiger partial charge >= 0.3 is 0 Å². The van der Waals surface area contributed by atoms with Crippen LogP contribution in [0.2, 0.25) is 0 Å². The number of aromatic amines is 1. The van der Waals surface area contributed by atoms with Crippen LogP contribution in [0, 0.1) is 5.82 Å². The maximum absolute atomic E-state index is 13.1. The quantitative estimate of drug-likeness (QED) is 0.844. The lowest BCUT2D eigenvalue weighted by molar-refractivity contribution is -0.129. The highest BCUT2D eigenvalue weighted by molar-refractivity contribution is 5.90. The zero-order chi connectivity index (χ0) is 13.4. The maximum atomic E-state index is 13.1. The van der Waals surface area contributed by atoms with E-state index in [1.54, 1.807) is 13.0 Å². The molecule has 6 heteroatoms. The molecule has 0 spiro atoms. The van der Waals surface area contributed by atoms with Gasteiger partial charge in [0, 0.05) is 38.5 Å². The van der Waals surface area contributed by atoms with Gasteiger partial charge in [-0.1, -0.05) is 0 Å². The summed E-state index contributed by atoms with van der Waals surface area (Å²) in [5.74, 6) is 0.663. The van der Waals surface area contributed by atoms with E-state index in [-0.39, 0.29) is 11.7 Å². The summed E-state index contributed by atoms with van der Waals surface area (Å²) in [4.78, 5) is 15.2. The summed E-state index contributed by atoms with van der Waals surface area (Å²) in [7, 11) is 0. The molecule has 1 fully saturated rings. The molecular formula is C13H15FN4O. The van der Waals surface area contributed by atoms with Crippen LogP contribution in [0.3, 0.4) is 0 Å². The smallest absolute Gasteiger partial charge is 0.219 e. The van der Waals surface area contributed by atoms with E-state index in [9.17, 15) is 9.18 Å². The Morgan fingerprint density at radius 2 is 2.05 bits per heavy atom. The van der Waals surface area contributed by atoms with Gasteiger partial charge in [0.25, 0.3) is 0 Å². The van der Waals surface area contributed by atoms with Gasteiger partial charge in [-0.25, -0.2) is 4.39 Å². The second-order valence-corrected chi connectivity index (χ2v) is 4.73. The molecule has 0 unspecified atom stereocenters. The number of fused-ring (bicyclic) bond motifs is 1. The third kappa shape index (κ3) is 2.14. The summed E-state index contributed by atoms with van der Waals surface area (Å²) in [6.07, 6.45) is 0. The van der Waals surface area contributed by atoms with Gasteiger partial charge in [0.1, 0.15) is 5.82 Å². The summed E-state index contributed by atoms with van der Waals surface area (Å²) >= 11 is 0. The summed E-state index contributed by atoms with van der Waals surface area (Å²) in [5, 5.41) is 8.02. The molecule has 0 aliphatic carbocycles. The van der Waals surface area contributed by atoms with Gasteiger partial charge < -0.3 is 9.80 Å². The molecule has 5 nitrogen and oxygen atoms in total. The van der Waals surface area contributed by atoms with Crippen LogP contribution >= 0.6 is 0 Å². The van der Waals surface area contributed by atoms with Crippen molar-refractivity contribution in [3.8, 4) is 0 Å². The van der Waals surface area contributed by atoms with Crippen molar-refractivity contribution >= 4 is 22.6 Å². The van der Waals surface area contributed by atoms with Crippen molar-refractivity contribution in [2.75, 3.05) is 31.1 Å². The van der Waals surface area contributed by atoms with Crippen molar-refractivity contribution in [1.29, 1.82) is 0 Å². The molecule has 100 valence electrons. The number of nitrogens with one attached hydrogen (secondary N) is 1. The molecule has 2 aromatic rings. The van der Waals surface area contributed by atoms with E-state index in [2.05, 4.69) is 15.1 Å². The van der Waals surface area contributed by atoms with Crippen LogP contribution in [0.15, 0.2) is 18.2 Å². The Morgan fingerprint density at radius 3 is 2.74 bits per heavy atom.